The maximum Gasteiger partial charge on any atom is 0.134 e. The topological polar surface area (TPSA) is 25.2 Å². The second kappa shape index (κ2) is 6.42. The number of furan rings is 1. The summed E-state index contributed by atoms with van der Waals surface area (Å²) in [5, 5.41) is 6.61. The molecule has 0 atom stereocenters. The molecule has 24 heavy (non-hydrogen) atoms. The van der Waals surface area contributed by atoms with Gasteiger partial charge in [-0.05, 0) is 59.3 Å². The monoisotopic (exact) mass is 333 g/mol. The lowest BCUT2D eigenvalue weighted by molar-refractivity contribution is 0.531. The van der Waals surface area contributed by atoms with Gasteiger partial charge in [0, 0.05) is 16.3 Å². The molecule has 0 amide bonds. The predicted molar refractivity (Wildman–Crippen MR) is 100 cm³/mol. The van der Waals surface area contributed by atoms with E-state index in [4.69, 9.17) is 16.0 Å². The van der Waals surface area contributed by atoms with E-state index in [9.17, 15) is 0 Å². The fraction of sp³-hybridized carbons (Fsp3) is 0.0476. The van der Waals surface area contributed by atoms with Crippen molar-refractivity contribution in [2.24, 2.45) is 0 Å². The normalized spacial score (nSPS) is 10.9. The third kappa shape index (κ3) is 3.15. The Kier molecular flexibility index (Phi) is 3.97. The summed E-state index contributed by atoms with van der Waals surface area (Å²) in [6.07, 6.45) is 0. The van der Waals surface area contributed by atoms with Crippen molar-refractivity contribution in [3.63, 3.8) is 0 Å². The summed E-state index contributed by atoms with van der Waals surface area (Å²) in [5.74, 6) is 1.75. The average Bonchev–Trinajstić information content (AvgIpc) is 3.09. The molecule has 4 rings (SSSR count). The molecule has 4 aromatic rings. The van der Waals surface area contributed by atoms with Crippen LogP contribution in [0.4, 0.5) is 5.69 Å². The number of fused-ring (bicyclic) bond motifs is 1. The molecule has 0 aliphatic rings. The minimum Gasteiger partial charge on any atom is -0.459 e. The van der Waals surface area contributed by atoms with Gasteiger partial charge in [-0.15, -0.1) is 0 Å². The van der Waals surface area contributed by atoms with Gasteiger partial charge in [0.05, 0.1) is 6.54 Å². The first-order chi connectivity index (χ1) is 11.8. The van der Waals surface area contributed by atoms with E-state index < -0.39 is 0 Å². The van der Waals surface area contributed by atoms with E-state index in [0.29, 0.717) is 6.54 Å². The van der Waals surface area contributed by atoms with Gasteiger partial charge in [-0.25, -0.2) is 0 Å². The standard InChI is InChI=1S/C21H16ClNO/c22-18-8-5-16(6-9-18)21-12-11-20(24-21)14-23-19-10-7-15-3-1-2-4-17(15)13-19/h1-13,23H,14H2. The zero-order chi connectivity index (χ0) is 16.4. The zero-order valence-electron chi connectivity index (χ0n) is 13.0. The third-order valence-electron chi connectivity index (χ3n) is 4.01. The van der Waals surface area contributed by atoms with Crippen molar-refractivity contribution in [2.75, 3.05) is 5.32 Å². The van der Waals surface area contributed by atoms with Crippen LogP contribution in [0, 0.1) is 0 Å². The van der Waals surface area contributed by atoms with Crippen molar-refractivity contribution >= 4 is 28.1 Å². The van der Waals surface area contributed by atoms with Gasteiger partial charge in [-0.3, -0.25) is 0 Å². The minimum absolute atomic E-state index is 0.645. The van der Waals surface area contributed by atoms with Gasteiger partial charge >= 0.3 is 0 Å². The van der Waals surface area contributed by atoms with Crippen LogP contribution < -0.4 is 5.32 Å². The van der Waals surface area contributed by atoms with Gasteiger partial charge in [0.15, 0.2) is 0 Å². The Morgan fingerprint density at radius 1 is 0.792 bits per heavy atom. The van der Waals surface area contributed by atoms with Gasteiger partial charge in [-0.2, -0.15) is 0 Å². The number of hydrogen-bond acceptors (Lipinski definition) is 2. The number of rotatable bonds is 4. The van der Waals surface area contributed by atoms with Gasteiger partial charge in [0.25, 0.3) is 0 Å². The number of anilines is 1. The number of halogens is 1. The van der Waals surface area contributed by atoms with E-state index in [1.165, 1.54) is 10.8 Å². The Balaban J connectivity index is 1.48. The smallest absolute Gasteiger partial charge is 0.134 e. The first-order valence-corrected chi connectivity index (χ1v) is 8.23. The molecule has 0 saturated carbocycles. The summed E-state index contributed by atoms with van der Waals surface area (Å²) in [4.78, 5) is 0. The molecule has 0 radical (unpaired) electrons. The molecule has 0 fully saturated rings. The van der Waals surface area contributed by atoms with Crippen molar-refractivity contribution < 1.29 is 4.42 Å². The Bertz CT molecular complexity index is 972. The highest BCUT2D eigenvalue weighted by Crippen LogP contribution is 2.25. The average molecular weight is 334 g/mol. The molecule has 1 heterocycles. The highest BCUT2D eigenvalue weighted by molar-refractivity contribution is 6.30. The van der Waals surface area contributed by atoms with E-state index in [0.717, 1.165) is 27.8 Å². The molecule has 0 aliphatic heterocycles. The van der Waals surface area contributed by atoms with E-state index >= 15 is 0 Å². The lowest BCUT2D eigenvalue weighted by Crippen LogP contribution is -1.97. The van der Waals surface area contributed by atoms with Gasteiger partial charge in [0.2, 0.25) is 0 Å². The molecule has 0 aliphatic carbocycles. The number of hydrogen-bond donors (Lipinski definition) is 1. The molecule has 0 bridgehead atoms. The first kappa shape index (κ1) is 14.9. The van der Waals surface area contributed by atoms with Crippen LogP contribution >= 0.6 is 11.6 Å². The van der Waals surface area contributed by atoms with Crippen molar-refractivity contribution in [2.45, 2.75) is 6.54 Å². The summed E-state index contributed by atoms with van der Waals surface area (Å²) in [6, 6.07) is 26.3. The summed E-state index contributed by atoms with van der Waals surface area (Å²) in [6.45, 7) is 0.645. The highest BCUT2D eigenvalue weighted by Gasteiger charge is 2.05. The minimum atomic E-state index is 0.645. The quantitative estimate of drug-likeness (QED) is 0.469. The Labute approximate surface area is 145 Å². The fourth-order valence-corrected chi connectivity index (χ4v) is 2.86. The SMILES string of the molecule is Clc1ccc(-c2ccc(CNc3ccc4ccccc4c3)o2)cc1. The highest BCUT2D eigenvalue weighted by atomic mass is 35.5. The Morgan fingerprint density at radius 3 is 2.42 bits per heavy atom. The van der Waals surface area contributed by atoms with E-state index in [2.05, 4.69) is 47.8 Å². The molecular weight excluding hydrogens is 318 g/mol. The summed E-state index contributed by atoms with van der Waals surface area (Å²) >= 11 is 5.92. The summed E-state index contributed by atoms with van der Waals surface area (Å²) in [7, 11) is 0. The molecule has 2 nitrogen and oxygen atoms in total. The van der Waals surface area contributed by atoms with Crippen LogP contribution in [-0.2, 0) is 6.54 Å². The van der Waals surface area contributed by atoms with E-state index in [1.807, 2.05) is 36.4 Å². The number of nitrogens with one attached hydrogen (secondary N) is 1. The largest absolute Gasteiger partial charge is 0.459 e. The maximum absolute atomic E-state index is 5.92. The van der Waals surface area contributed by atoms with Crippen LogP contribution in [0.15, 0.2) is 83.3 Å². The van der Waals surface area contributed by atoms with Gasteiger partial charge < -0.3 is 9.73 Å². The molecule has 0 unspecified atom stereocenters. The van der Waals surface area contributed by atoms with Gasteiger partial charge in [-0.1, -0.05) is 41.9 Å². The Hall–Kier alpha value is -2.71. The molecular formula is C21H16ClNO. The lowest BCUT2D eigenvalue weighted by Gasteiger charge is -2.06. The third-order valence-corrected chi connectivity index (χ3v) is 4.26. The number of benzene rings is 3. The van der Waals surface area contributed by atoms with E-state index in [-0.39, 0.29) is 0 Å². The second-order valence-electron chi connectivity index (χ2n) is 5.69. The van der Waals surface area contributed by atoms with Crippen LogP contribution in [-0.4, -0.2) is 0 Å². The molecule has 0 saturated heterocycles. The van der Waals surface area contributed by atoms with Crippen molar-refractivity contribution in [1.29, 1.82) is 0 Å². The second-order valence-corrected chi connectivity index (χ2v) is 6.12. The fourth-order valence-electron chi connectivity index (χ4n) is 2.73. The van der Waals surface area contributed by atoms with Crippen molar-refractivity contribution in [3.05, 3.63) is 89.6 Å². The predicted octanol–water partition coefficient (Wildman–Crippen LogP) is 6.37. The van der Waals surface area contributed by atoms with E-state index in [1.54, 1.807) is 0 Å². The molecule has 1 N–H and O–H groups in total. The zero-order valence-corrected chi connectivity index (χ0v) is 13.8. The van der Waals surface area contributed by atoms with Crippen LogP contribution in [0.1, 0.15) is 5.76 Å². The van der Waals surface area contributed by atoms with Crippen LogP contribution in [0.5, 0.6) is 0 Å². The van der Waals surface area contributed by atoms with Crippen LogP contribution in [0.3, 0.4) is 0 Å². The van der Waals surface area contributed by atoms with Gasteiger partial charge in [0.1, 0.15) is 11.5 Å². The van der Waals surface area contributed by atoms with Crippen molar-refractivity contribution in [1.82, 2.24) is 0 Å². The Morgan fingerprint density at radius 2 is 1.58 bits per heavy atom. The lowest BCUT2D eigenvalue weighted by atomic mass is 10.1. The maximum atomic E-state index is 5.92. The van der Waals surface area contributed by atoms with Crippen molar-refractivity contribution in [3.8, 4) is 11.3 Å². The molecule has 1 aromatic heterocycles. The van der Waals surface area contributed by atoms with Crippen LogP contribution in [0.2, 0.25) is 5.02 Å². The molecule has 0 spiro atoms. The molecule has 118 valence electrons. The summed E-state index contributed by atoms with van der Waals surface area (Å²) < 4.78 is 5.91. The molecule has 3 heteroatoms. The summed E-state index contributed by atoms with van der Waals surface area (Å²) in [5.41, 5.74) is 2.11. The van der Waals surface area contributed by atoms with Crippen LogP contribution in [0.25, 0.3) is 22.1 Å². The molecule has 3 aromatic carbocycles. The first-order valence-electron chi connectivity index (χ1n) is 7.85.